The van der Waals surface area contributed by atoms with E-state index in [4.69, 9.17) is 0 Å². The van der Waals surface area contributed by atoms with E-state index < -0.39 is 0 Å². The molecular formula is C22H27N5O. The minimum atomic E-state index is -0.0933. The summed E-state index contributed by atoms with van der Waals surface area (Å²) in [5.41, 5.74) is 3.76. The number of benzene rings is 2. The van der Waals surface area contributed by atoms with Crippen molar-refractivity contribution in [1.82, 2.24) is 20.1 Å². The second-order valence-electron chi connectivity index (χ2n) is 6.95. The van der Waals surface area contributed by atoms with Gasteiger partial charge in [-0.15, -0.1) is 0 Å². The van der Waals surface area contributed by atoms with E-state index in [-0.39, 0.29) is 11.9 Å². The topological polar surface area (TPSA) is 63.1 Å². The molecule has 1 unspecified atom stereocenters. The van der Waals surface area contributed by atoms with Crippen molar-refractivity contribution in [2.75, 3.05) is 18.5 Å². The fourth-order valence-electron chi connectivity index (χ4n) is 3.01. The van der Waals surface area contributed by atoms with Gasteiger partial charge >= 0.3 is 0 Å². The quantitative estimate of drug-likeness (QED) is 0.645. The van der Waals surface area contributed by atoms with E-state index in [2.05, 4.69) is 34.3 Å². The summed E-state index contributed by atoms with van der Waals surface area (Å²) < 4.78 is 1.70. The van der Waals surface area contributed by atoms with Crippen molar-refractivity contribution < 1.29 is 4.79 Å². The summed E-state index contributed by atoms with van der Waals surface area (Å²) in [4.78, 5) is 18.8. The first-order valence-electron chi connectivity index (χ1n) is 9.65. The van der Waals surface area contributed by atoms with Crippen LogP contribution in [0.15, 0.2) is 61.2 Å². The van der Waals surface area contributed by atoms with Crippen LogP contribution in [-0.4, -0.2) is 34.3 Å². The molecule has 6 heteroatoms. The van der Waals surface area contributed by atoms with Crippen molar-refractivity contribution in [2.45, 2.75) is 32.7 Å². The maximum absolute atomic E-state index is 12.6. The van der Waals surface area contributed by atoms with Gasteiger partial charge in [0.1, 0.15) is 12.7 Å². The average molecular weight is 377 g/mol. The van der Waals surface area contributed by atoms with Crippen LogP contribution in [0.25, 0.3) is 5.69 Å². The zero-order chi connectivity index (χ0) is 19.9. The molecule has 1 amide bonds. The first-order valence-corrected chi connectivity index (χ1v) is 9.65. The van der Waals surface area contributed by atoms with Gasteiger partial charge in [0.25, 0.3) is 5.91 Å². The molecule has 1 heterocycles. The standard InChI is InChI=1S/C22H27N5O/c1-4-5-14-26(3)20-10-8-19(9-11-20)22(28)25-17(2)18-6-12-21(13-7-18)27-16-23-15-24-27/h6-13,15-17H,4-5,14H2,1-3H3,(H,25,28). The highest BCUT2D eigenvalue weighted by Crippen LogP contribution is 2.18. The van der Waals surface area contributed by atoms with Crippen LogP contribution >= 0.6 is 0 Å². The van der Waals surface area contributed by atoms with Crippen molar-refractivity contribution in [3.05, 3.63) is 72.3 Å². The van der Waals surface area contributed by atoms with Crippen molar-refractivity contribution in [1.29, 1.82) is 0 Å². The highest BCUT2D eigenvalue weighted by molar-refractivity contribution is 5.94. The number of anilines is 1. The van der Waals surface area contributed by atoms with Gasteiger partial charge in [-0.3, -0.25) is 4.79 Å². The van der Waals surface area contributed by atoms with E-state index in [1.54, 1.807) is 11.0 Å². The highest BCUT2D eigenvalue weighted by Gasteiger charge is 2.12. The molecule has 1 atom stereocenters. The molecule has 0 fully saturated rings. The Labute approximate surface area is 166 Å². The zero-order valence-corrected chi connectivity index (χ0v) is 16.7. The summed E-state index contributed by atoms with van der Waals surface area (Å²) in [6, 6.07) is 15.6. The molecular weight excluding hydrogens is 350 g/mol. The monoisotopic (exact) mass is 377 g/mol. The number of nitrogens with one attached hydrogen (secondary N) is 1. The van der Waals surface area contributed by atoms with Crippen LogP contribution in [-0.2, 0) is 0 Å². The summed E-state index contributed by atoms with van der Waals surface area (Å²) in [6.07, 6.45) is 5.49. The van der Waals surface area contributed by atoms with Gasteiger partial charge in [-0.2, -0.15) is 5.10 Å². The number of aromatic nitrogens is 3. The van der Waals surface area contributed by atoms with Gasteiger partial charge in [-0.25, -0.2) is 9.67 Å². The van der Waals surface area contributed by atoms with Gasteiger partial charge in [-0.1, -0.05) is 25.5 Å². The number of rotatable bonds is 8. The Kier molecular flexibility index (Phi) is 6.42. The van der Waals surface area contributed by atoms with Gasteiger partial charge in [-0.05, 0) is 55.3 Å². The van der Waals surface area contributed by atoms with Crippen LogP contribution in [0.3, 0.4) is 0 Å². The lowest BCUT2D eigenvalue weighted by atomic mass is 10.1. The second-order valence-corrected chi connectivity index (χ2v) is 6.95. The minimum absolute atomic E-state index is 0.0735. The van der Waals surface area contributed by atoms with E-state index in [9.17, 15) is 4.79 Å². The van der Waals surface area contributed by atoms with Crippen molar-refractivity contribution in [2.24, 2.45) is 0 Å². The van der Waals surface area contributed by atoms with Crippen LogP contribution in [0.1, 0.15) is 48.7 Å². The minimum Gasteiger partial charge on any atom is -0.375 e. The molecule has 2 aromatic carbocycles. The molecule has 28 heavy (non-hydrogen) atoms. The molecule has 0 saturated carbocycles. The first-order chi connectivity index (χ1) is 13.6. The summed E-state index contributed by atoms with van der Waals surface area (Å²) >= 11 is 0. The van der Waals surface area contributed by atoms with Crippen molar-refractivity contribution >= 4 is 11.6 Å². The van der Waals surface area contributed by atoms with E-state index in [1.165, 1.54) is 12.7 Å². The van der Waals surface area contributed by atoms with Crippen molar-refractivity contribution in [3.8, 4) is 5.69 Å². The molecule has 1 aromatic heterocycles. The lowest BCUT2D eigenvalue weighted by molar-refractivity contribution is 0.0940. The lowest BCUT2D eigenvalue weighted by Crippen LogP contribution is -2.26. The highest BCUT2D eigenvalue weighted by atomic mass is 16.1. The number of hydrogen-bond acceptors (Lipinski definition) is 4. The lowest BCUT2D eigenvalue weighted by Gasteiger charge is -2.19. The van der Waals surface area contributed by atoms with Gasteiger partial charge in [0, 0.05) is 24.8 Å². The third-order valence-electron chi connectivity index (χ3n) is 4.84. The Balaban J connectivity index is 1.60. The van der Waals surface area contributed by atoms with Gasteiger partial charge < -0.3 is 10.2 Å². The van der Waals surface area contributed by atoms with E-state index in [0.29, 0.717) is 5.56 Å². The number of carbonyl (C=O) groups excluding carboxylic acids is 1. The molecule has 0 aliphatic carbocycles. The Morgan fingerprint density at radius 1 is 1.14 bits per heavy atom. The SMILES string of the molecule is CCCCN(C)c1ccc(C(=O)NC(C)c2ccc(-n3cncn3)cc2)cc1. The second kappa shape index (κ2) is 9.17. The summed E-state index contributed by atoms with van der Waals surface area (Å²) in [5, 5.41) is 7.18. The average Bonchev–Trinajstić information content (AvgIpc) is 3.27. The Morgan fingerprint density at radius 2 is 1.86 bits per heavy atom. The molecule has 146 valence electrons. The molecule has 0 spiro atoms. The number of hydrogen-bond donors (Lipinski definition) is 1. The van der Waals surface area contributed by atoms with E-state index >= 15 is 0 Å². The Bertz CT molecular complexity index is 872. The zero-order valence-electron chi connectivity index (χ0n) is 16.7. The molecule has 0 aliphatic rings. The fraction of sp³-hybridized carbons (Fsp3) is 0.318. The van der Waals surface area contributed by atoms with Gasteiger partial charge in [0.15, 0.2) is 0 Å². The molecule has 3 aromatic rings. The van der Waals surface area contributed by atoms with Crippen LogP contribution < -0.4 is 10.2 Å². The fourth-order valence-corrected chi connectivity index (χ4v) is 3.01. The van der Waals surface area contributed by atoms with Gasteiger partial charge in [0.2, 0.25) is 0 Å². The first kappa shape index (κ1) is 19.6. The maximum Gasteiger partial charge on any atom is 0.251 e. The Morgan fingerprint density at radius 3 is 2.46 bits per heavy atom. The third-order valence-corrected chi connectivity index (χ3v) is 4.84. The van der Waals surface area contributed by atoms with E-state index in [0.717, 1.165) is 29.9 Å². The predicted molar refractivity (Wildman–Crippen MR) is 112 cm³/mol. The molecule has 3 rings (SSSR count). The van der Waals surface area contributed by atoms with Crippen molar-refractivity contribution in [3.63, 3.8) is 0 Å². The van der Waals surface area contributed by atoms with Gasteiger partial charge in [0.05, 0.1) is 11.7 Å². The maximum atomic E-state index is 12.6. The molecule has 0 aliphatic heterocycles. The number of unbranched alkanes of at least 4 members (excludes halogenated alkanes) is 1. The summed E-state index contributed by atoms with van der Waals surface area (Å²) in [6.45, 7) is 5.18. The summed E-state index contributed by atoms with van der Waals surface area (Å²) in [5.74, 6) is -0.0735. The van der Waals surface area contributed by atoms with Crippen LogP contribution in [0.5, 0.6) is 0 Å². The van der Waals surface area contributed by atoms with Crippen LogP contribution in [0.4, 0.5) is 5.69 Å². The number of nitrogens with zero attached hydrogens (tertiary/aromatic N) is 4. The number of carbonyl (C=O) groups is 1. The molecule has 0 saturated heterocycles. The van der Waals surface area contributed by atoms with E-state index in [1.807, 2.05) is 55.5 Å². The molecule has 0 bridgehead atoms. The normalized spacial score (nSPS) is 11.8. The molecule has 0 radical (unpaired) electrons. The Hall–Kier alpha value is -3.15. The number of amides is 1. The van der Waals surface area contributed by atoms with Crippen LogP contribution in [0, 0.1) is 0 Å². The summed E-state index contributed by atoms with van der Waals surface area (Å²) in [7, 11) is 2.08. The third kappa shape index (κ3) is 4.76. The molecule has 6 nitrogen and oxygen atoms in total. The van der Waals surface area contributed by atoms with Crippen LogP contribution in [0.2, 0.25) is 0 Å². The largest absolute Gasteiger partial charge is 0.375 e. The molecule has 1 N–H and O–H groups in total. The smallest absolute Gasteiger partial charge is 0.251 e. The predicted octanol–water partition coefficient (Wildman–Crippen LogP) is 3.99.